The molecule has 0 saturated heterocycles. The smallest absolute Gasteiger partial charge is 0.266 e. The van der Waals surface area contributed by atoms with Crippen LogP contribution >= 0.6 is 45.9 Å². The van der Waals surface area contributed by atoms with E-state index in [0.717, 1.165) is 20.5 Å². The third kappa shape index (κ3) is 3.43. The fourth-order valence-corrected chi connectivity index (χ4v) is 4.56. The topological polar surface area (TPSA) is 41.5 Å². The minimum atomic E-state index is -0.309. The number of hydrogen-bond acceptors (Lipinski definition) is 4. The van der Waals surface area contributed by atoms with Crippen molar-refractivity contribution in [2.75, 3.05) is 0 Å². The third-order valence-corrected chi connectivity index (χ3v) is 6.24. The lowest BCUT2D eigenvalue weighted by atomic mass is 10.2. The van der Waals surface area contributed by atoms with Crippen molar-refractivity contribution >= 4 is 67.6 Å². The van der Waals surface area contributed by atoms with Crippen molar-refractivity contribution < 1.29 is 4.79 Å². The van der Waals surface area contributed by atoms with Gasteiger partial charge in [0.25, 0.3) is 5.91 Å². The zero-order valence-corrected chi connectivity index (χ0v) is 15.5. The lowest BCUT2D eigenvalue weighted by molar-refractivity contribution is 0.0959. The highest BCUT2D eigenvalue weighted by Gasteiger charge is 2.17. The number of nitrogens with zero attached hydrogens (tertiary/aromatic N) is 1. The molecule has 0 saturated carbocycles. The highest BCUT2D eigenvalue weighted by Crippen LogP contribution is 2.35. The van der Waals surface area contributed by atoms with E-state index in [1.54, 1.807) is 6.07 Å². The van der Waals surface area contributed by atoms with E-state index in [-0.39, 0.29) is 5.91 Å². The van der Waals surface area contributed by atoms with Crippen LogP contribution in [-0.2, 0) is 0 Å². The number of nitrogens with one attached hydrogen (secondary N) is 1. The van der Waals surface area contributed by atoms with Crippen LogP contribution in [0.5, 0.6) is 0 Å². The van der Waals surface area contributed by atoms with Gasteiger partial charge < -0.3 is 0 Å². The molecular formula is C16H12Cl2N2OS2. The standard InChI is InChI=1S/C16H12Cl2N2OS2/c1-8-3-4-10-12(7-8)23-15(14(10)18)16(21)20-19-9(2)11-5-6-13(17)22-11/h3-7H,1-2H3,(H,20,21). The summed E-state index contributed by atoms with van der Waals surface area (Å²) in [4.78, 5) is 13.7. The molecule has 0 aliphatic carbocycles. The number of hydrazone groups is 1. The van der Waals surface area contributed by atoms with Gasteiger partial charge in [-0.1, -0.05) is 35.3 Å². The van der Waals surface area contributed by atoms with Crippen LogP contribution in [0.15, 0.2) is 35.4 Å². The second kappa shape index (κ2) is 6.61. The van der Waals surface area contributed by atoms with Crippen molar-refractivity contribution in [3.63, 3.8) is 0 Å². The molecule has 1 N–H and O–H groups in total. The number of thiophene rings is 2. The summed E-state index contributed by atoms with van der Waals surface area (Å²) < 4.78 is 1.68. The molecule has 3 aromatic rings. The number of benzene rings is 1. The number of carbonyl (C=O) groups excluding carboxylic acids is 1. The summed E-state index contributed by atoms with van der Waals surface area (Å²) in [6, 6.07) is 9.60. The monoisotopic (exact) mass is 382 g/mol. The summed E-state index contributed by atoms with van der Waals surface area (Å²) in [5.41, 5.74) is 4.39. The first-order chi connectivity index (χ1) is 11.0. The molecule has 0 bridgehead atoms. The molecule has 1 amide bonds. The Hall–Kier alpha value is -1.40. The van der Waals surface area contributed by atoms with Crippen LogP contribution in [0.3, 0.4) is 0 Å². The molecular weight excluding hydrogens is 371 g/mol. The van der Waals surface area contributed by atoms with Crippen molar-refractivity contribution in [1.29, 1.82) is 0 Å². The molecule has 23 heavy (non-hydrogen) atoms. The maximum Gasteiger partial charge on any atom is 0.283 e. The maximum absolute atomic E-state index is 12.3. The average molecular weight is 383 g/mol. The van der Waals surface area contributed by atoms with Crippen molar-refractivity contribution in [1.82, 2.24) is 5.43 Å². The minimum Gasteiger partial charge on any atom is -0.266 e. The van der Waals surface area contributed by atoms with Crippen molar-refractivity contribution in [3.05, 3.63) is 55.0 Å². The molecule has 2 aromatic heterocycles. The Morgan fingerprint density at radius 1 is 1.17 bits per heavy atom. The number of rotatable bonds is 3. The molecule has 118 valence electrons. The van der Waals surface area contributed by atoms with Gasteiger partial charge in [0, 0.05) is 10.1 Å². The van der Waals surface area contributed by atoms with E-state index in [9.17, 15) is 4.79 Å². The van der Waals surface area contributed by atoms with Gasteiger partial charge in [-0.25, -0.2) is 5.43 Å². The van der Waals surface area contributed by atoms with Crippen LogP contribution in [0.25, 0.3) is 10.1 Å². The van der Waals surface area contributed by atoms with E-state index < -0.39 is 0 Å². The largest absolute Gasteiger partial charge is 0.283 e. The summed E-state index contributed by atoms with van der Waals surface area (Å²) in [5, 5.41) is 5.48. The first-order valence-corrected chi connectivity index (χ1v) is 9.13. The molecule has 0 aliphatic rings. The summed E-state index contributed by atoms with van der Waals surface area (Å²) in [6.07, 6.45) is 0. The Labute approximate surface area is 151 Å². The summed E-state index contributed by atoms with van der Waals surface area (Å²) in [6.45, 7) is 3.82. The Morgan fingerprint density at radius 2 is 1.96 bits per heavy atom. The minimum absolute atomic E-state index is 0.309. The van der Waals surface area contributed by atoms with Gasteiger partial charge in [-0.15, -0.1) is 22.7 Å². The lowest BCUT2D eigenvalue weighted by Gasteiger charge is -1.99. The van der Waals surface area contributed by atoms with Crippen LogP contribution < -0.4 is 5.43 Å². The van der Waals surface area contributed by atoms with Crippen LogP contribution in [0.4, 0.5) is 0 Å². The van der Waals surface area contributed by atoms with Gasteiger partial charge in [0.15, 0.2) is 0 Å². The molecule has 7 heteroatoms. The summed E-state index contributed by atoms with van der Waals surface area (Å²) >= 11 is 15.0. The molecule has 0 atom stereocenters. The highest BCUT2D eigenvalue weighted by atomic mass is 35.5. The van der Waals surface area contributed by atoms with Gasteiger partial charge in [-0.2, -0.15) is 5.10 Å². The highest BCUT2D eigenvalue weighted by molar-refractivity contribution is 7.21. The SMILES string of the molecule is CC(=NNC(=O)c1sc2cc(C)ccc2c1Cl)c1ccc(Cl)s1. The summed E-state index contributed by atoms with van der Waals surface area (Å²) in [5.74, 6) is -0.309. The molecule has 0 radical (unpaired) electrons. The number of carbonyl (C=O) groups is 1. The zero-order valence-electron chi connectivity index (χ0n) is 12.3. The quantitative estimate of drug-likeness (QED) is 0.455. The van der Waals surface area contributed by atoms with Crippen molar-refractivity contribution in [2.45, 2.75) is 13.8 Å². The second-order valence-corrected chi connectivity index (χ2v) is 8.13. The Balaban J connectivity index is 1.85. The van der Waals surface area contributed by atoms with E-state index in [0.29, 0.717) is 19.9 Å². The van der Waals surface area contributed by atoms with Crippen LogP contribution in [0, 0.1) is 6.92 Å². The van der Waals surface area contributed by atoms with E-state index in [2.05, 4.69) is 10.5 Å². The molecule has 3 nitrogen and oxygen atoms in total. The van der Waals surface area contributed by atoms with Gasteiger partial charge in [0.2, 0.25) is 0 Å². The molecule has 0 fully saturated rings. The first kappa shape index (κ1) is 16.5. The predicted octanol–water partition coefficient (Wildman–Crippen LogP) is 5.73. The van der Waals surface area contributed by atoms with Crippen LogP contribution in [-0.4, -0.2) is 11.6 Å². The van der Waals surface area contributed by atoms with Gasteiger partial charge in [0.05, 0.1) is 19.9 Å². The molecule has 0 aliphatic heterocycles. The molecule has 2 heterocycles. The number of halogens is 2. The zero-order chi connectivity index (χ0) is 16.6. The first-order valence-electron chi connectivity index (χ1n) is 6.74. The van der Waals surface area contributed by atoms with E-state index >= 15 is 0 Å². The third-order valence-electron chi connectivity index (χ3n) is 3.25. The normalized spacial score (nSPS) is 11.9. The summed E-state index contributed by atoms with van der Waals surface area (Å²) in [7, 11) is 0. The van der Waals surface area contributed by atoms with Crippen molar-refractivity contribution in [2.24, 2.45) is 5.10 Å². The molecule has 3 rings (SSSR count). The second-order valence-electron chi connectivity index (χ2n) is 4.99. The van der Waals surface area contributed by atoms with Crippen molar-refractivity contribution in [3.8, 4) is 0 Å². The van der Waals surface area contributed by atoms with E-state index in [1.165, 1.54) is 22.7 Å². The Morgan fingerprint density at radius 3 is 2.65 bits per heavy atom. The number of fused-ring (bicyclic) bond motifs is 1. The van der Waals surface area contributed by atoms with E-state index in [4.69, 9.17) is 23.2 Å². The van der Waals surface area contributed by atoms with Gasteiger partial charge in [0.1, 0.15) is 4.88 Å². The lowest BCUT2D eigenvalue weighted by Crippen LogP contribution is -2.18. The molecule has 0 spiro atoms. The molecule has 1 aromatic carbocycles. The predicted molar refractivity (Wildman–Crippen MR) is 101 cm³/mol. The molecule has 0 unspecified atom stereocenters. The number of hydrogen-bond donors (Lipinski definition) is 1. The van der Waals surface area contributed by atoms with Crippen LogP contribution in [0.2, 0.25) is 9.36 Å². The fourth-order valence-electron chi connectivity index (χ4n) is 2.07. The Bertz CT molecular complexity index is 927. The fraction of sp³-hybridized carbons (Fsp3) is 0.125. The van der Waals surface area contributed by atoms with Gasteiger partial charge in [-0.05, 0) is 37.6 Å². The average Bonchev–Trinajstić information content (AvgIpc) is 3.08. The maximum atomic E-state index is 12.3. The Kier molecular flexibility index (Phi) is 4.73. The van der Waals surface area contributed by atoms with Gasteiger partial charge in [-0.3, -0.25) is 4.79 Å². The van der Waals surface area contributed by atoms with Gasteiger partial charge >= 0.3 is 0 Å². The number of amides is 1. The van der Waals surface area contributed by atoms with Crippen LogP contribution in [0.1, 0.15) is 27.0 Å². The number of aryl methyl sites for hydroxylation is 1. The van der Waals surface area contributed by atoms with E-state index in [1.807, 2.05) is 38.1 Å².